The Hall–Kier alpha value is -2.04. The van der Waals surface area contributed by atoms with Gasteiger partial charge in [0.05, 0.1) is 0 Å². The monoisotopic (exact) mass is 345 g/mol. The summed E-state index contributed by atoms with van der Waals surface area (Å²) in [5, 5.41) is 6.09. The number of likely N-dealkylation sites (tertiary alicyclic amines) is 1. The summed E-state index contributed by atoms with van der Waals surface area (Å²) in [7, 11) is 0. The Kier molecular flexibility index (Phi) is 6.85. The number of hydrogen-bond donors (Lipinski definition) is 2. The van der Waals surface area contributed by atoms with Crippen molar-refractivity contribution in [2.75, 3.05) is 19.6 Å². The van der Waals surface area contributed by atoms with Crippen molar-refractivity contribution in [3.05, 3.63) is 35.9 Å². The van der Waals surface area contributed by atoms with Gasteiger partial charge >= 0.3 is 6.03 Å². The van der Waals surface area contributed by atoms with Crippen molar-refractivity contribution in [1.29, 1.82) is 0 Å². The third-order valence-electron chi connectivity index (χ3n) is 4.40. The summed E-state index contributed by atoms with van der Waals surface area (Å²) in [5.74, 6) is 0.0967. The molecule has 0 saturated carbocycles. The largest absolute Gasteiger partial charge is 0.353 e. The lowest BCUT2D eigenvalue weighted by molar-refractivity contribution is -0.122. The minimum atomic E-state index is 0.00350. The molecule has 1 heterocycles. The van der Waals surface area contributed by atoms with Gasteiger partial charge in [-0.1, -0.05) is 51.1 Å². The Morgan fingerprint density at radius 2 is 1.76 bits per heavy atom. The minimum absolute atomic E-state index is 0.00350. The lowest BCUT2D eigenvalue weighted by atomic mass is 9.97. The smallest absolute Gasteiger partial charge is 0.317 e. The summed E-state index contributed by atoms with van der Waals surface area (Å²) < 4.78 is 0. The van der Waals surface area contributed by atoms with Gasteiger partial charge in [-0.25, -0.2) is 4.79 Å². The van der Waals surface area contributed by atoms with Gasteiger partial charge in [0.25, 0.3) is 0 Å². The van der Waals surface area contributed by atoms with Crippen molar-refractivity contribution in [2.24, 2.45) is 5.41 Å². The van der Waals surface area contributed by atoms with E-state index in [1.165, 1.54) is 5.56 Å². The van der Waals surface area contributed by atoms with Crippen LogP contribution >= 0.6 is 0 Å². The van der Waals surface area contributed by atoms with E-state index in [4.69, 9.17) is 0 Å². The van der Waals surface area contributed by atoms with Gasteiger partial charge in [0.15, 0.2) is 0 Å². The third kappa shape index (κ3) is 7.16. The molecule has 1 saturated heterocycles. The molecule has 1 aromatic carbocycles. The number of aryl methyl sites for hydroxylation is 1. The second-order valence-electron chi connectivity index (χ2n) is 8.03. The van der Waals surface area contributed by atoms with Gasteiger partial charge < -0.3 is 15.5 Å². The summed E-state index contributed by atoms with van der Waals surface area (Å²) in [4.78, 5) is 26.1. The number of carbonyl (C=O) groups is 2. The summed E-state index contributed by atoms with van der Waals surface area (Å²) >= 11 is 0. The van der Waals surface area contributed by atoms with E-state index in [-0.39, 0.29) is 23.4 Å². The molecule has 5 heteroatoms. The number of amides is 3. The number of urea groups is 1. The van der Waals surface area contributed by atoms with Gasteiger partial charge in [0.2, 0.25) is 5.91 Å². The highest BCUT2D eigenvalue weighted by Gasteiger charge is 2.24. The van der Waals surface area contributed by atoms with Gasteiger partial charge in [0.1, 0.15) is 0 Å². The van der Waals surface area contributed by atoms with E-state index >= 15 is 0 Å². The van der Waals surface area contributed by atoms with Crippen LogP contribution in [0.3, 0.4) is 0 Å². The Morgan fingerprint density at radius 3 is 2.36 bits per heavy atom. The molecule has 0 unspecified atom stereocenters. The molecule has 25 heavy (non-hydrogen) atoms. The molecule has 0 atom stereocenters. The normalized spacial score (nSPS) is 15.7. The molecular formula is C20H31N3O2. The molecule has 0 spiro atoms. The molecule has 5 nitrogen and oxygen atoms in total. The fraction of sp³-hybridized carbons (Fsp3) is 0.600. The SMILES string of the molecule is CC(C)(C)CNC(=O)N1CCC(NC(=O)CCc2ccccc2)CC1. The standard InChI is InChI=1S/C20H31N3O2/c1-20(2,3)15-21-19(25)23-13-11-17(12-14-23)22-18(24)10-9-16-7-5-4-6-8-16/h4-8,17H,9-15H2,1-3H3,(H,21,25)(H,22,24). The molecule has 1 fully saturated rings. The highest BCUT2D eigenvalue weighted by Crippen LogP contribution is 2.13. The van der Waals surface area contributed by atoms with Crippen LogP contribution < -0.4 is 10.6 Å². The van der Waals surface area contributed by atoms with Crippen LogP contribution in [0.1, 0.15) is 45.6 Å². The third-order valence-corrected chi connectivity index (χ3v) is 4.40. The molecule has 0 aromatic heterocycles. The van der Waals surface area contributed by atoms with E-state index in [1.807, 2.05) is 35.2 Å². The topological polar surface area (TPSA) is 61.4 Å². The summed E-state index contributed by atoms with van der Waals surface area (Å²) in [6.45, 7) is 8.36. The van der Waals surface area contributed by atoms with Crippen LogP contribution in [0.5, 0.6) is 0 Å². The lowest BCUT2D eigenvalue weighted by Crippen LogP contribution is -2.50. The van der Waals surface area contributed by atoms with Gasteiger partial charge in [0, 0.05) is 32.1 Å². The molecule has 0 radical (unpaired) electrons. The van der Waals surface area contributed by atoms with Crippen molar-refractivity contribution in [2.45, 2.75) is 52.5 Å². The zero-order valence-electron chi connectivity index (χ0n) is 15.7. The number of hydrogen-bond acceptors (Lipinski definition) is 2. The van der Waals surface area contributed by atoms with E-state index in [9.17, 15) is 9.59 Å². The quantitative estimate of drug-likeness (QED) is 0.862. The number of carbonyl (C=O) groups excluding carboxylic acids is 2. The van der Waals surface area contributed by atoms with Crippen LogP contribution in [0.15, 0.2) is 30.3 Å². The van der Waals surface area contributed by atoms with Crippen LogP contribution in [0.25, 0.3) is 0 Å². The van der Waals surface area contributed by atoms with Gasteiger partial charge in [-0.15, -0.1) is 0 Å². The molecule has 0 bridgehead atoms. The number of rotatable bonds is 5. The van der Waals surface area contributed by atoms with Crippen molar-refractivity contribution in [3.63, 3.8) is 0 Å². The molecule has 0 aliphatic carbocycles. The number of nitrogens with one attached hydrogen (secondary N) is 2. The average Bonchev–Trinajstić information content (AvgIpc) is 2.59. The van der Waals surface area contributed by atoms with Crippen LogP contribution in [-0.4, -0.2) is 42.5 Å². The Bertz CT molecular complexity index is 558. The van der Waals surface area contributed by atoms with E-state index in [0.29, 0.717) is 26.1 Å². The van der Waals surface area contributed by atoms with E-state index in [1.54, 1.807) is 0 Å². The first kappa shape index (κ1) is 19.3. The van der Waals surface area contributed by atoms with Crippen molar-refractivity contribution in [3.8, 4) is 0 Å². The van der Waals surface area contributed by atoms with E-state index in [0.717, 1.165) is 19.3 Å². The van der Waals surface area contributed by atoms with Gasteiger partial charge in [-0.3, -0.25) is 4.79 Å². The molecule has 3 amide bonds. The maximum absolute atomic E-state index is 12.2. The van der Waals surface area contributed by atoms with Crippen molar-refractivity contribution in [1.82, 2.24) is 15.5 Å². The minimum Gasteiger partial charge on any atom is -0.353 e. The maximum atomic E-state index is 12.2. The molecule has 1 aliphatic rings. The van der Waals surface area contributed by atoms with Crippen LogP contribution in [-0.2, 0) is 11.2 Å². The van der Waals surface area contributed by atoms with E-state index in [2.05, 4.69) is 31.4 Å². The fourth-order valence-corrected chi connectivity index (χ4v) is 2.88. The van der Waals surface area contributed by atoms with Crippen LogP contribution in [0, 0.1) is 5.41 Å². The second kappa shape index (κ2) is 8.88. The van der Waals surface area contributed by atoms with Crippen LogP contribution in [0.2, 0.25) is 0 Å². The zero-order valence-corrected chi connectivity index (χ0v) is 15.7. The molecule has 138 valence electrons. The van der Waals surface area contributed by atoms with E-state index < -0.39 is 0 Å². The first-order valence-electron chi connectivity index (χ1n) is 9.19. The summed E-state index contributed by atoms with van der Waals surface area (Å²) in [6, 6.07) is 10.2. The lowest BCUT2D eigenvalue weighted by Gasteiger charge is -2.33. The van der Waals surface area contributed by atoms with Crippen LogP contribution in [0.4, 0.5) is 4.79 Å². The van der Waals surface area contributed by atoms with Gasteiger partial charge in [-0.05, 0) is 30.2 Å². The molecule has 1 aliphatic heterocycles. The molecular weight excluding hydrogens is 314 g/mol. The second-order valence-corrected chi connectivity index (χ2v) is 8.03. The highest BCUT2D eigenvalue weighted by atomic mass is 16.2. The molecule has 2 N–H and O–H groups in total. The molecule has 2 rings (SSSR count). The first-order valence-corrected chi connectivity index (χ1v) is 9.19. The maximum Gasteiger partial charge on any atom is 0.317 e. The zero-order chi connectivity index (χ0) is 18.3. The fourth-order valence-electron chi connectivity index (χ4n) is 2.88. The highest BCUT2D eigenvalue weighted by molar-refractivity contribution is 5.77. The van der Waals surface area contributed by atoms with Crippen molar-refractivity contribution >= 4 is 11.9 Å². The first-order chi connectivity index (χ1) is 11.8. The predicted octanol–water partition coefficient (Wildman–Crippen LogP) is 2.96. The predicted molar refractivity (Wildman–Crippen MR) is 100 cm³/mol. The summed E-state index contributed by atoms with van der Waals surface area (Å²) in [5.41, 5.74) is 1.27. The average molecular weight is 345 g/mol. The Labute approximate surface area is 151 Å². The van der Waals surface area contributed by atoms with Crippen molar-refractivity contribution < 1.29 is 9.59 Å². The summed E-state index contributed by atoms with van der Waals surface area (Å²) in [6.07, 6.45) is 2.91. The number of benzene rings is 1. The molecule has 1 aromatic rings. The number of piperidine rings is 1. The number of nitrogens with zero attached hydrogens (tertiary/aromatic N) is 1. The van der Waals surface area contributed by atoms with Gasteiger partial charge in [-0.2, -0.15) is 0 Å². The Morgan fingerprint density at radius 1 is 1.12 bits per heavy atom. The Balaban J connectivity index is 1.66.